The van der Waals surface area contributed by atoms with Crippen molar-refractivity contribution in [3.8, 4) is 23.4 Å². The standard InChI is InChI=1S/C13H8Br2N2O2/c1-18-11-5-10(15)12(6-9(11)14)19-13-8(7-16)3-2-4-17-13/h2-6H,1H3. The number of nitrogens with zero attached hydrogens (tertiary/aromatic N) is 2. The van der Waals surface area contributed by atoms with Gasteiger partial charge in [-0.15, -0.1) is 0 Å². The Bertz CT molecular complexity index is 654. The van der Waals surface area contributed by atoms with Gasteiger partial charge in [0.2, 0.25) is 5.88 Å². The zero-order valence-electron chi connectivity index (χ0n) is 9.85. The molecule has 0 aliphatic rings. The molecule has 0 spiro atoms. The van der Waals surface area contributed by atoms with Crippen molar-refractivity contribution in [3.63, 3.8) is 0 Å². The Morgan fingerprint density at radius 2 is 1.89 bits per heavy atom. The highest BCUT2D eigenvalue weighted by Crippen LogP contribution is 2.38. The number of halogens is 2. The predicted octanol–water partition coefficient (Wildman–Crippen LogP) is 4.28. The normalized spacial score (nSPS) is 9.79. The summed E-state index contributed by atoms with van der Waals surface area (Å²) in [4.78, 5) is 4.05. The van der Waals surface area contributed by atoms with Gasteiger partial charge >= 0.3 is 0 Å². The molecule has 0 aliphatic carbocycles. The number of ether oxygens (including phenoxy) is 2. The van der Waals surface area contributed by atoms with Crippen LogP contribution in [0.5, 0.6) is 17.4 Å². The van der Waals surface area contributed by atoms with Gasteiger partial charge in [0.15, 0.2) is 0 Å². The average Bonchev–Trinajstić information content (AvgIpc) is 2.43. The second-order valence-corrected chi connectivity index (χ2v) is 5.20. The fraction of sp³-hybridized carbons (Fsp3) is 0.0769. The molecule has 0 bridgehead atoms. The Balaban J connectivity index is 2.39. The maximum Gasteiger partial charge on any atom is 0.237 e. The molecule has 0 amide bonds. The number of pyridine rings is 1. The Morgan fingerprint density at radius 1 is 1.21 bits per heavy atom. The molecule has 0 N–H and O–H groups in total. The molecule has 19 heavy (non-hydrogen) atoms. The average molecular weight is 384 g/mol. The molecule has 2 rings (SSSR count). The van der Waals surface area contributed by atoms with Crippen LogP contribution in [0.2, 0.25) is 0 Å². The summed E-state index contributed by atoms with van der Waals surface area (Å²) < 4.78 is 12.3. The molecule has 2 aromatic rings. The number of rotatable bonds is 3. The van der Waals surface area contributed by atoms with Crippen LogP contribution in [0.25, 0.3) is 0 Å². The molecule has 0 unspecified atom stereocenters. The first-order chi connectivity index (χ1) is 9.15. The van der Waals surface area contributed by atoms with Gasteiger partial charge in [0.25, 0.3) is 0 Å². The maximum atomic E-state index is 8.99. The third-order valence-corrected chi connectivity index (χ3v) is 3.54. The van der Waals surface area contributed by atoms with Gasteiger partial charge in [0, 0.05) is 6.20 Å². The van der Waals surface area contributed by atoms with Crippen LogP contribution in [0.4, 0.5) is 0 Å². The van der Waals surface area contributed by atoms with Gasteiger partial charge in [-0.1, -0.05) is 0 Å². The molecule has 1 aromatic carbocycles. The van der Waals surface area contributed by atoms with Crippen LogP contribution in [-0.2, 0) is 0 Å². The fourth-order valence-corrected chi connectivity index (χ4v) is 2.29. The van der Waals surface area contributed by atoms with E-state index in [0.717, 1.165) is 4.47 Å². The van der Waals surface area contributed by atoms with Crippen LogP contribution in [0.15, 0.2) is 39.4 Å². The minimum atomic E-state index is 0.266. The largest absolute Gasteiger partial charge is 0.496 e. The molecule has 1 heterocycles. The maximum absolute atomic E-state index is 8.99. The number of nitriles is 1. The summed E-state index contributed by atoms with van der Waals surface area (Å²) >= 11 is 6.77. The van der Waals surface area contributed by atoms with E-state index in [2.05, 4.69) is 36.8 Å². The molecule has 6 heteroatoms. The lowest BCUT2D eigenvalue weighted by Gasteiger charge is -2.10. The lowest BCUT2D eigenvalue weighted by atomic mass is 10.3. The van der Waals surface area contributed by atoms with Gasteiger partial charge in [-0.2, -0.15) is 5.26 Å². The first-order valence-electron chi connectivity index (χ1n) is 5.21. The smallest absolute Gasteiger partial charge is 0.237 e. The molecule has 0 saturated carbocycles. The first kappa shape index (κ1) is 13.8. The van der Waals surface area contributed by atoms with Crippen LogP contribution in [-0.4, -0.2) is 12.1 Å². The Hall–Kier alpha value is -1.58. The highest BCUT2D eigenvalue weighted by molar-refractivity contribution is 9.11. The molecule has 0 saturated heterocycles. The number of benzene rings is 1. The van der Waals surface area contributed by atoms with Crippen molar-refractivity contribution in [1.82, 2.24) is 4.98 Å². The third kappa shape index (κ3) is 3.06. The Labute approximate surface area is 127 Å². The molecular weight excluding hydrogens is 376 g/mol. The Morgan fingerprint density at radius 3 is 2.58 bits per heavy atom. The van der Waals surface area contributed by atoms with E-state index in [1.165, 1.54) is 0 Å². The van der Waals surface area contributed by atoms with Gasteiger partial charge in [-0.25, -0.2) is 4.98 Å². The molecule has 0 fully saturated rings. The minimum absolute atomic E-state index is 0.266. The van der Waals surface area contributed by atoms with Crippen LogP contribution in [0, 0.1) is 11.3 Å². The molecule has 0 radical (unpaired) electrons. The van der Waals surface area contributed by atoms with Gasteiger partial charge in [0.1, 0.15) is 23.1 Å². The zero-order valence-corrected chi connectivity index (χ0v) is 13.0. The highest BCUT2D eigenvalue weighted by atomic mass is 79.9. The van der Waals surface area contributed by atoms with E-state index in [1.54, 1.807) is 37.6 Å². The third-order valence-electron chi connectivity index (χ3n) is 2.30. The van der Waals surface area contributed by atoms with E-state index in [-0.39, 0.29) is 5.88 Å². The summed E-state index contributed by atoms with van der Waals surface area (Å²) in [7, 11) is 1.58. The topological polar surface area (TPSA) is 55.1 Å². The van der Waals surface area contributed by atoms with E-state index in [0.29, 0.717) is 21.5 Å². The summed E-state index contributed by atoms with van der Waals surface area (Å²) in [6.07, 6.45) is 1.57. The lowest BCUT2D eigenvalue weighted by molar-refractivity contribution is 0.408. The lowest BCUT2D eigenvalue weighted by Crippen LogP contribution is -1.93. The molecule has 0 aliphatic heterocycles. The fourth-order valence-electron chi connectivity index (χ4n) is 1.41. The molecule has 0 atom stereocenters. The Kier molecular flexibility index (Phi) is 4.40. The monoisotopic (exact) mass is 382 g/mol. The van der Waals surface area contributed by atoms with Crippen molar-refractivity contribution in [1.29, 1.82) is 5.26 Å². The van der Waals surface area contributed by atoms with Gasteiger partial charge < -0.3 is 9.47 Å². The summed E-state index contributed by atoms with van der Waals surface area (Å²) in [5.41, 5.74) is 0.376. The number of hydrogen-bond donors (Lipinski definition) is 0. The van der Waals surface area contributed by atoms with Crippen LogP contribution in [0.3, 0.4) is 0 Å². The van der Waals surface area contributed by atoms with Crippen molar-refractivity contribution in [2.75, 3.05) is 7.11 Å². The molecule has 1 aromatic heterocycles. The van der Waals surface area contributed by atoms with Crippen molar-refractivity contribution >= 4 is 31.9 Å². The highest BCUT2D eigenvalue weighted by Gasteiger charge is 2.11. The summed E-state index contributed by atoms with van der Waals surface area (Å²) in [6.45, 7) is 0. The van der Waals surface area contributed by atoms with Crippen molar-refractivity contribution in [2.45, 2.75) is 0 Å². The van der Waals surface area contributed by atoms with Crippen molar-refractivity contribution < 1.29 is 9.47 Å². The van der Waals surface area contributed by atoms with E-state index in [1.807, 2.05) is 6.07 Å². The number of hydrogen-bond acceptors (Lipinski definition) is 4. The van der Waals surface area contributed by atoms with E-state index in [4.69, 9.17) is 14.7 Å². The van der Waals surface area contributed by atoms with E-state index < -0.39 is 0 Å². The molecule has 96 valence electrons. The van der Waals surface area contributed by atoms with E-state index >= 15 is 0 Å². The van der Waals surface area contributed by atoms with E-state index in [9.17, 15) is 0 Å². The van der Waals surface area contributed by atoms with Gasteiger partial charge in [-0.3, -0.25) is 0 Å². The molecular formula is C13H8Br2N2O2. The summed E-state index contributed by atoms with van der Waals surface area (Å²) in [6, 6.07) is 8.89. The minimum Gasteiger partial charge on any atom is -0.496 e. The summed E-state index contributed by atoms with van der Waals surface area (Å²) in [5, 5.41) is 8.99. The first-order valence-corrected chi connectivity index (χ1v) is 6.80. The van der Waals surface area contributed by atoms with Crippen LogP contribution in [0.1, 0.15) is 5.56 Å². The van der Waals surface area contributed by atoms with Crippen molar-refractivity contribution in [2.24, 2.45) is 0 Å². The van der Waals surface area contributed by atoms with Crippen LogP contribution < -0.4 is 9.47 Å². The number of methoxy groups -OCH3 is 1. The predicted molar refractivity (Wildman–Crippen MR) is 77.4 cm³/mol. The van der Waals surface area contributed by atoms with Crippen LogP contribution >= 0.6 is 31.9 Å². The summed E-state index contributed by atoms with van der Waals surface area (Å²) in [5.74, 6) is 1.49. The second-order valence-electron chi connectivity index (χ2n) is 3.49. The SMILES string of the molecule is COc1cc(Br)c(Oc2ncccc2C#N)cc1Br. The van der Waals surface area contributed by atoms with Crippen molar-refractivity contribution in [3.05, 3.63) is 45.0 Å². The van der Waals surface area contributed by atoms with Gasteiger partial charge in [-0.05, 0) is 56.1 Å². The zero-order chi connectivity index (χ0) is 13.8. The second kappa shape index (κ2) is 6.04. The quantitative estimate of drug-likeness (QED) is 0.793. The van der Waals surface area contributed by atoms with Gasteiger partial charge in [0.05, 0.1) is 16.1 Å². The number of aromatic nitrogens is 1. The molecule has 4 nitrogen and oxygen atoms in total.